The molecule has 0 spiro atoms. The first-order valence-electron chi connectivity index (χ1n) is 4.69. The molecule has 0 radical (unpaired) electrons. The molecule has 0 atom stereocenters. The summed E-state index contributed by atoms with van der Waals surface area (Å²) in [6.45, 7) is 3.59. The van der Waals surface area contributed by atoms with Crippen LogP contribution in [0.5, 0.6) is 5.75 Å². The van der Waals surface area contributed by atoms with Gasteiger partial charge in [0, 0.05) is 17.0 Å². The molecule has 1 aliphatic heterocycles. The van der Waals surface area contributed by atoms with Gasteiger partial charge in [-0.05, 0) is 25.5 Å². The Morgan fingerprint density at radius 3 is 2.75 bits per heavy atom. The molecule has 0 saturated heterocycles. The maximum Gasteiger partial charge on any atom is 0.269 e. The molecule has 0 saturated carbocycles. The van der Waals surface area contributed by atoms with Crippen molar-refractivity contribution in [2.75, 3.05) is 0 Å². The zero-order valence-electron chi connectivity index (χ0n) is 8.84. The highest BCUT2D eigenvalue weighted by Crippen LogP contribution is 2.35. The average molecular weight is 222 g/mol. The molecule has 0 unspecified atom stereocenters. The Balaban J connectivity index is 2.58. The standard InChI is InChI=1S/C10H10N2O4/c1-10(2)6-11(13)16-9-4-3-7(12(14)15)5-8(9)10/h3-6H,1-2H3. The fraction of sp³-hybridized carbons (Fsp3) is 0.300. The molecule has 1 aromatic carbocycles. The van der Waals surface area contributed by atoms with E-state index in [1.807, 2.05) is 0 Å². The van der Waals surface area contributed by atoms with Crippen molar-refractivity contribution < 1.29 is 14.7 Å². The van der Waals surface area contributed by atoms with E-state index in [1.165, 1.54) is 24.4 Å². The second-order valence-electron chi connectivity index (χ2n) is 4.17. The molecule has 0 amide bonds. The first-order valence-corrected chi connectivity index (χ1v) is 4.69. The number of nitro groups is 1. The van der Waals surface area contributed by atoms with Crippen LogP contribution in [0.1, 0.15) is 19.4 Å². The van der Waals surface area contributed by atoms with Crippen molar-refractivity contribution in [3.8, 4) is 5.75 Å². The molecule has 1 aliphatic rings. The average Bonchev–Trinajstić information content (AvgIpc) is 2.15. The molecular weight excluding hydrogens is 212 g/mol. The fourth-order valence-corrected chi connectivity index (χ4v) is 1.67. The van der Waals surface area contributed by atoms with E-state index in [-0.39, 0.29) is 5.69 Å². The lowest BCUT2D eigenvalue weighted by molar-refractivity contribution is -0.694. The van der Waals surface area contributed by atoms with Crippen LogP contribution in [0, 0.1) is 15.3 Å². The van der Waals surface area contributed by atoms with Crippen molar-refractivity contribution in [2.24, 2.45) is 0 Å². The highest BCUT2D eigenvalue weighted by molar-refractivity contribution is 5.72. The van der Waals surface area contributed by atoms with Crippen LogP contribution in [0.2, 0.25) is 0 Å². The second kappa shape index (κ2) is 3.19. The normalized spacial score (nSPS) is 17.0. The van der Waals surface area contributed by atoms with Crippen LogP contribution in [-0.2, 0) is 5.41 Å². The topological polar surface area (TPSA) is 78.4 Å². The van der Waals surface area contributed by atoms with Crippen LogP contribution in [0.3, 0.4) is 0 Å². The Labute approximate surface area is 91.5 Å². The quantitative estimate of drug-likeness (QED) is 0.412. The summed E-state index contributed by atoms with van der Waals surface area (Å²) in [6, 6.07) is 4.18. The third kappa shape index (κ3) is 1.58. The molecule has 0 aliphatic carbocycles. The van der Waals surface area contributed by atoms with Gasteiger partial charge >= 0.3 is 0 Å². The van der Waals surface area contributed by atoms with Gasteiger partial charge < -0.3 is 4.84 Å². The minimum Gasteiger partial charge on any atom is -0.367 e. The van der Waals surface area contributed by atoms with Crippen LogP contribution >= 0.6 is 0 Å². The van der Waals surface area contributed by atoms with Gasteiger partial charge in [-0.1, -0.05) is 0 Å². The molecule has 16 heavy (non-hydrogen) atoms. The van der Waals surface area contributed by atoms with Gasteiger partial charge in [-0.2, -0.15) is 0 Å². The smallest absolute Gasteiger partial charge is 0.269 e. The fourth-order valence-electron chi connectivity index (χ4n) is 1.67. The second-order valence-corrected chi connectivity index (χ2v) is 4.17. The number of nitro benzene ring substituents is 1. The van der Waals surface area contributed by atoms with Gasteiger partial charge in [0.1, 0.15) is 0 Å². The van der Waals surface area contributed by atoms with E-state index >= 15 is 0 Å². The van der Waals surface area contributed by atoms with Gasteiger partial charge in [0.15, 0.2) is 0 Å². The molecule has 1 aromatic rings. The van der Waals surface area contributed by atoms with Crippen LogP contribution in [0.15, 0.2) is 18.2 Å². The zero-order valence-corrected chi connectivity index (χ0v) is 8.84. The maximum absolute atomic E-state index is 11.2. The lowest BCUT2D eigenvalue weighted by Gasteiger charge is -2.26. The minimum atomic E-state index is -0.582. The van der Waals surface area contributed by atoms with Gasteiger partial charge in [0.2, 0.25) is 6.21 Å². The molecule has 6 heteroatoms. The first kappa shape index (κ1) is 10.4. The molecule has 0 bridgehead atoms. The Morgan fingerprint density at radius 2 is 2.12 bits per heavy atom. The van der Waals surface area contributed by atoms with E-state index in [9.17, 15) is 15.3 Å². The highest BCUT2D eigenvalue weighted by Gasteiger charge is 2.32. The number of hydrogen-bond acceptors (Lipinski definition) is 4. The van der Waals surface area contributed by atoms with Crippen LogP contribution in [-0.4, -0.2) is 16.0 Å². The largest absolute Gasteiger partial charge is 0.367 e. The van der Waals surface area contributed by atoms with Crippen molar-refractivity contribution in [3.63, 3.8) is 0 Å². The number of nitrogens with zero attached hydrogens (tertiary/aromatic N) is 2. The van der Waals surface area contributed by atoms with Crippen LogP contribution in [0.4, 0.5) is 5.69 Å². The summed E-state index contributed by atoms with van der Waals surface area (Å²) in [6.07, 6.45) is 1.33. The van der Waals surface area contributed by atoms with Crippen molar-refractivity contribution in [2.45, 2.75) is 19.3 Å². The zero-order chi connectivity index (χ0) is 11.9. The van der Waals surface area contributed by atoms with E-state index < -0.39 is 10.3 Å². The van der Waals surface area contributed by atoms with E-state index in [4.69, 9.17) is 4.84 Å². The molecular formula is C10H10N2O4. The molecule has 84 valence electrons. The van der Waals surface area contributed by atoms with Crippen molar-refractivity contribution in [1.29, 1.82) is 0 Å². The van der Waals surface area contributed by atoms with E-state index in [0.717, 1.165) is 0 Å². The third-order valence-electron chi connectivity index (χ3n) is 2.48. The van der Waals surface area contributed by atoms with Crippen LogP contribution < -0.4 is 4.84 Å². The minimum absolute atomic E-state index is 0.0110. The van der Waals surface area contributed by atoms with Crippen molar-refractivity contribution in [3.05, 3.63) is 39.1 Å². The lowest BCUT2D eigenvalue weighted by atomic mass is 9.84. The predicted molar refractivity (Wildman–Crippen MR) is 56.4 cm³/mol. The highest BCUT2D eigenvalue weighted by atomic mass is 16.9. The number of fused-ring (bicyclic) bond motifs is 1. The van der Waals surface area contributed by atoms with Gasteiger partial charge in [0.05, 0.1) is 16.1 Å². The van der Waals surface area contributed by atoms with Gasteiger partial charge in [-0.15, -0.1) is 0 Å². The monoisotopic (exact) mass is 222 g/mol. The van der Waals surface area contributed by atoms with E-state index in [0.29, 0.717) is 16.2 Å². The van der Waals surface area contributed by atoms with Gasteiger partial charge in [0.25, 0.3) is 5.69 Å². The Kier molecular flexibility index (Phi) is 2.08. The molecule has 0 N–H and O–H groups in total. The lowest BCUT2D eigenvalue weighted by Crippen LogP contribution is -2.31. The third-order valence-corrected chi connectivity index (χ3v) is 2.48. The maximum atomic E-state index is 11.2. The van der Waals surface area contributed by atoms with E-state index in [1.54, 1.807) is 13.8 Å². The molecule has 0 fully saturated rings. The number of non-ortho nitro benzene ring substituents is 1. The first-order chi connectivity index (χ1) is 7.40. The molecule has 2 rings (SSSR count). The molecule has 0 aromatic heterocycles. The summed E-state index contributed by atoms with van der Waals surface area (Å²) >= 11 is 0. The SMILES string of the molecule is CC1(C)C=[N+]([O-])Oc2ccc([N+](=O)[O-])cc21. The molecule has 6 nitrogen and oxygen atoms in total. The number of hydrogen-bond donors (Lipinski definition) is 0. The van der Waals surface area contributed by atoms with Gasteiger partial charge in [-0.3, -0.25) is 15.3 Å². The molecule has 1 heterocycles. The Morgan fingerprint density at radius 1 is 1.44 bits per heavy atom. The summed E-state index contributed by atoms with van der Waals surface area (Å²) in [4.78, 5) is 15.4. The predicted octanol–water partition coefficient (Wildman–Crippen LogP) is 1.76. The summed E-state index contributed by atoms with van der Waals surface area (Å²) in [7, 11) is 0. The summed E-state index contributed by atoms with van der Waals surface area (Å²) < 4.78 is 0. The summed E-state index contributed by atoms with van der Waals surface area (Å²) in [5, 5.41) is 21.8. The summed E-state index contributed by atoms with van der Waals surface area (Å²) in [5.41, 5.74) is 0.0402. The van der Waals surface area contributed by atoms with Crippen molar-refractivity contribution in [1.82, 2.24) is 0 Å². The number of rotatable bonds is 1. The Bertz CT molecular complexity index is 494. The summed E-state index contributed by atoms with van der Waals surface area (Å²) in [5.74, 6) is 0.355. The number of benzene rings is 1. The van der Waals surface area contributed by atoms with Crippen molar-refractivity contribution >= 4 is 11.9 Å². The van der Waals surface area contributed by atoms with E-state index in [2.05, 4.69) is 0 Å². The van der Waals surface area contributed by atoms with Gasteiger partial charge in [-0.25, -0.2) is 0 Å². The van der Waals surface area contributed by atoms with Crippen LogP contribution in [0.25, 0.3) is 0 Å². The Hall–Kier alpha value is -2.11.